The number of rotatable bonds is 4. The highest BCUT2D eigenvalue weighted by atomic mass is 19.4. The van der Waals surface area contributed by atoms with Gasteiger partial charge in [0.2, 0.25) is 17.6 Å². The van der Waals surface area contributed by atoms with Crippen LogP contribution in [0.15, 0.2) is 24.1 Å². The van der Waals surface area contributed by atoms with Crippen LogP contribution >= 0.6 is 0 Å². The van der Waals surface area contributed by atoms with E-state index in [9.17, 15) is 13.2 Å². The Morgan fingerprint density at radius 1 is 1.30 bits per heavy atom. The molecule has 0 fully saturated rings. The predicted octanol–water partition coefficient (Wildman–Crippen LogP) is 2.51. The monoisotopic (exact) mass is 322 g/mol. The molecule has 3 heterocycles. The smallest absolute Gasteiger partial charge is 0.343 e. The number of aromatic amines is 2. The molecular weight excluding hydrogens is 313 g/mol. The highest BCUT2D eigenvalue weighted by Gasteiger charge is 2.36. The average Bonchev–Trinajstić information content (AvgIpc) is 3.23. The van der Waals surface area contributed by atoms with Gasteiger partial charge < -0.3 is 4.98 Å². The van der Waals surface area contributed by atoms with Crippen molar-refractivity contribution in [2.45, 2.75) is 6.18 Å². The van der Waals surface area contributed by atoms with Gasteiger partial charge in [-0.15, -0.1) is 0 Å². The normalized spacial score (nSPS) is 11.6. The molecule has 8 nitrogen and oxygen atoms in total. The molecule has 3 aromatic rings. The van der Waals surface area contributed by atoms with Gasteiger partial charge in [-0.3, -0.25) is 9.67 Å². The molecule has 0 saturated carbocycles. The zero-order valence-electron chi connectivity index (χ0n) is 11.5. The summed E-state index contributed by atoms with van der Waals surface area (Å²) in [6.45, 7) is 7.01. The van der Waals surface area contributed by atoms with Crippen LogP contribution in [0.25, 0.3) is 29.1 Å². The van der Waals surface area contributed by atoms with E-state index in [1.165, 1.54) is 23.3 Å². The fourth-order valence-electron chi connectivity index (χ4n) is 2.00. The molecular formula is C12H9F3N8. The van der Waals surface area contributed by atoms with Crippen LogP contribution in [-0.2, 0) is 6.18 Å². The lowest BCUT2D eigenvalue weighted by Crippen LogP contribution is -2.07. The van der Waals surface area contributed by atoms with E-state index in [-0.39, 0.29) is 17.5 Å². The SMILES string of the molecule is C=Cn1c(N=C)nc(-c2n[nH]c(C(F)(F)F)n2)c1-c1cnc[nH]1. The fraction of sp³-hybridized carbons (Fsp3) is 0.0833. The van der Waals surface area contributed by atoms with E-state index >= 15 is 0 Å². The van der Waals surface area contributed by atoms with Gasteiger partial charge in [0.25, 0.3) is 0 Å². The Kier molecular flexibility index (Phi) is 3.32. The maximum Gasteiger partial charge on any atom is 0.451 e. The lowest BCUT2D eigenvalue weighted by Gasteiger charge is -2.02. The van der Waals surface area contributed by atoms with Crippen molar-refractivity contribution in [3.05, 3.63) is 24.9 Å². The zero-order chi connectivity index (χ0) is 16.6. The Morgan fingerprint density at radius 3 is 2.61 bits per heavy atom. The van der Waals surface area contributed by atoms with Crippen LogP contribution in [0.5, 0.6) is 0 Å². The van der Waals surface area contributed by atoms with Gasteiger partial charge in [0, 0.05) is 6.20 Å². The van der Waals surface area contributed by atoms with Crippen molar-refractivity contribution >= 4 is 18.9 Å². The van der Waals surface area contributed by atoms with E-state index in [1.54, 1.807) is 0 Å². The third-order valence-corrected chi connectivity index (χ3v) is 2.94. The number of hydrogen-bond acceptors (Lipinski definition) is 5. The second kappa shape index (κ2) is 5.19. The molecule has 0 saturated heterocycles. The Bertz CT molecular complexity index is 856. The summed E-state index contributed by atoms with van der Waals surface area (Å²) in [5.41, 5.74) is 0.941. The number of nitrogens with zero attached hydrogens (tertiary/aromatic N) is 6. The molecule has 11 heteroatoms. The van der Waals surface area contributed by atoms with Gasteiger partial charge in [0.05, 0.1) is 18.2 Å². The van der Waals surface area contributed by atoms with Gasteiger partial charge in [-0.2, -0.15) is 18.3 Å². The summed E-state index contributed by atoms with van der Waals surface area (Å²) in [4.78, 5) is 18.0. The van der Waals surface area contributed by atoms with E-state index in [0.717, 1.165) is 0 Å². The molecule has 0 aliphatic rings. The number of aromatic nitrogens is 7. The first-order valence-electron chi connectivity index (χ1n) is 6.16. The number of nitrogens with one attached hydrogen (secondary N) is 2. The number of halogens is 3. The van der Waals surface area contributed by atoms with Crippen LogP contribution in [0.4, 0.5) is 19.1 Å². The van der Waals surface area contributed by atoms with Crippen LogP contribution in [0.3, 0.4) is 0 Å². The Balaban J connectivity index is 2.23. The number of aliphatic imine (C=N–C) groups is 1. The van der Waals surface area contributed by atoms with Crippen molar-refractivity contribution in [3.8, 4) is 22.9 Å². The van der Waals surface area contributed by atoms with Crippen molar-refractivity contribution in [1.82, 2.24) is 34.7 Å². The van der Waals surface area contributed by atoms with Crippen molar-refractivity contribution in [1.29, 1.82) is 0 Å². The molecule has 0 amide bonds. The van der Waals surface area contributed by atoms with Crippen molar-refractivity contribution in [3.63, 3.8) is 0 Å². The lowest BCUT2D eigenvalue weighted by atomic mass is 10.2. The second-order valence-corrected chi connectivity index (χ2v) is 4.29. The minimum atomic E-state index is -4.64. The van der Waals surface area contributed by atoms with Crippen LogP contribution in [0.2, 0.25) is 0 Å². The van der Waals surface area contributed by atoms with E-state index in [0.29, 0.717) is 11.4 Å². The van der Waals surface area contributed by atoms with Crippen LogP contribution in [-0.4, -0.2) is 41.4 Å². The maximum absolute atomic E-state index is 12.7. The maximum atomic E-state index is 12.7. The molecule has 0 aliphatic carbocycles. The highest BCUT2D eigenvalue weighted by molar-refractivity contribution is 5.77. The fourth-order valence-corrected chi connectivity index (χ4v) is 2.00. The van der Waals surface area contributed by atoms with E-state index in [1.807, 2.05) is 5.10 Å². The molecule has 2 N–H and O–H groups in total. The van der Waals surface area contributed by atoms with Crippen molar-refractivity contribution in [2.24, 2.45) is 4.99 Å². The standard InChI is InChI=1S/C12H9F3N8/c1-3-23-8(6-4-17-5-18-6)7(19-11(23)16-2)9-20-10(22-21-9)12(13,14)15/h3-5H,1-2H2,(H,17,18)(H,20,21,22). The first-order chi connectivity index (χ1) is 11.0. The van der Waals surface area contributed by atoms with E-state index < -0.39 is 12.0 Å². The van der Waals surface area contributed by atoms with Crippen LogP contribution in [0.1, 0.15) is 5.82 Å². The summed E-state index contributed by atoms with van der Waals surface area (Å²) in [5.74, 6) is -1.31. The molecule has 0 radical (unpaired) electrons. The van der Waals surface area contributed by atoms with Gasteiger partial charge in [-0.05, 0) is 6.72 Å². The molecule has 118 valence electrons. The molecule has 3 rings (SSSR count). The summed E-state index contributed by atoms with van der Waals surface area (Å²) in [6, 6.07) is 0. The molecule has 0 aliphatic heterocycles. The average molecular weight is 322 g/mol. The molecule has 3 aromatic heterocycles. The van der Waals surface area contributed by atoms with Gasteiger partial charge in [0.15, 0.2) is 0 Å². The van der Waals surface area contributed by atoms with E-state index in [4.69, 9.17) is 0 Å². The quantitative estimate of drug-likeness (QED) is 0.721. The predicted molar refractivity (Wildman–Crippen MR) is 75.8 cm³/mol. The van der Waals surface area contributed by atoms with Crippen molar-refractivity contribution < 1.29 is 13.2 Å². The Labute approximate surface area is 126 Å². The molecule has 23 heavy (non-hydrogen) atoms. The first kappa shape index (κ1) is 14.7. The molecule has 0 bridgehead atoms. The number of hydrogen-bond donors (Lipinski definition) is 2. The lowest BCUT2D eigenvalue weighted by molar-refractivity contribution is -0.144. The topological polar surface area (TPSA) is 100 Å². The van der Waals surface area contributed by atoms with Gasteiger partial charge in [0.1, 0.15) is 11.4 Å². The number of imidazole rings is 2. The second-order valence-electron chi connectivity index (χ2n) is 4.29. The first-order valence-corrected chi connectivity index (χ1v) is 6.16. The molecule has 0 aromatic carbocycles. The minimum Gasteiger partial charge on any atom is -0.343 e. The highest BCUT2D eigenvalue weighted by Crippen LogP contribution is 2.34. The van der Waals surface area contributed by atoms with Gasteiger partial charge in [-0.25, -0.2) is 19.9 Å². The van der Waals surface area contributed by atoms with Gasteiger partial charge in [-0.1, -0.05) is 6.58 Å². The third-order valence-electron chi connectivity index (χ3n) is 2.94. The summed E-state index contributed by atoms with van der Waals surface area (Å²) in [5, 5.41) is 5.43. The Hall–Kier alpha value is -3.24. The van der Waals surface area contributed by atoms with E-state index in [2.05, 4.69) is 43.3 Å². The third kappa shape index (κ3) is 2.41. The number of H-pyrrole nitrogens is 2. The minimum absolute atomic E-state index is 0.0864. The molecule has 0 spiro atoms. The van der Waals surface area contributed by atoms with Crippen LogP contribution < -0.4 is 0 Å². The van der Waals surface area contributed by atoms with Crippen molar-refractivity contribution in [2.75, 3.05) is 0 Å². The largest absolute Gasteiger partial charge is 0.451 e. The summed E-state index contributed by atoms with van der Waals surface area (Å²) < 4.78 is 39.5. The summed E-state index contributed by atoms with van der Waals surface area (Å²) in [7, 11) is 0. The van der Waals surface area contributed by atoms with Crippen LogP contribution in [0, 0.1) is 0 Å². The molecule has 0 unspecified atom stereocenters. The molecule has 0 atom stereocenters. The summed E-state index contributed by atoms with van der Waals surface area (Å²) in [6.07, 6.45) is -0.349. The van der Waals surface area contributed by atoms with Gasteiger partial charge >= 0.3 is 6.18 Å². The number of alkyl halides is 3. The summed E-state index contributed by atoms with van der Waals surface area (Å²) >= 11 is 0. The zero-order valence-corrected chi connectivity index (χ0v) is 11.5. The Morgan fingerprint density at radius 2 is 2.09 bits per heavy atom.